The van der Waals surface area contributed by atoms with Crippen LogP contribution in [0.25, 0.3) is 0 Å². The largest absolute Gasteiger partial charge is 0.459 e. The highest BCUT2D eigenvalue weighted by Gasteiger charge is 2.59. The Labute approximate surface area is 140 Å². The zero-order chi connectivity index (χ0) is 17.6. The predicted molar refractivity (Wildman–Crippen MR) is 81.7 cm³/mol. The second-order valence-corrected chi connectivity index (χ2v) is 7.98. The van der Waals surface area contributed by atoms with E-state index in [-0.39, 0.29) is 17.0 Å². The third-order valence-electron chi connectivity index (χ3n) is 3.14. The number of thioether (sulfide) groups is 1. The quantitative estimate of drug-likeness (QED) is 0.574. The van der Waals surface area contributed by atoms with E-state index in [0.717, 1.165) is 0 Å². The first-order valence-corrected chi connectivity index (χ1v) is 7.87. The molecule has 3 nitrogen and oxygen atoms in total. The molecule has 8 heteroatoms. The van der Waals surface area contributed by atoms with Crippen molar-refractivity contribution in [3.63, 3.8) is 0 Å². The van der Waals surface area contributed by atoms with Crippen molar-refractivity contribution in [2.75, 3.05) is 0 Å². The molecule has 2 rings (SSSR count). The molecule has 1 aliphatic rings. The maximum Gasteiger partial charge on any atom is 0.443 e. The highest BCUT2D eigenvalue weighted by atomic mass is 35.5. The van der Waals surface area contributed by atoms with E-state index in [1.165, 1.54) is 39.0 Å². The maximum absolute atomic E-state index is 13.0. The first kappa shape index (κ1) is 18.1. The summed E-state index contributed by atoms with van der Waals surface area (Å²) in [5.74, 6) is -2.11. The summed E-state index contributed by atoms with van der Waals surface area (Å²) in [6, 6.07) is 4.21. The van der Waals surface area contributed by atoms with Crippen LogP contribution in [-0.4, -0.2) is 27.6 Å². The molecule has 0 saturated heterocycles. The van der Waals surface area contributed by atoms with Crippen LogP contribution in [0.4, 0.5) is 13.2 Å². The summed E-state index contributed by atoms with van der Waals surface area (Å²) < 4.78 is 41.7. The topological polar surface area (TPSA) is 43.4 Å². The van der Waals surface area contributed by atoms with Gasteiger partial charge in [0.25, 0.3) is 0 Å². The number of ketones is 1. The Hall–Kier alpha value is -1.21. The van der Waals surface area contributed by atoms with E-state index in [2.05, 4.69) is 0 Å². The van der Waals surface area contributed by atoms with Crippen molar-refractivity contribution >= 4 is 35.1 Å². The molecular formula is C15H14ClF3O3S. The van der Waals surface area contributed by atoms with E-state index in [4.69, 9.17) is 16.3 Å². The fraction of sp³-hybridized carbons (Fsp3) is 0.467. The predicted octanol–water partition coefficient (Wildman–Crippen LogP) is 4.41. The van der Waals surface area contributed by atoms with Gasteiger partial charge in [0.2, 0.25) is 0 Å². The van der Waals surface area contributed by atoms with Gasteiger partial charge in [0.15, 0.2) is 10.5 Å². The molecular weight excluding hydrogens is 353 g/mol. The summed E-state index contributed by atoms with van der Waals surface area (Å²) in [6.45, 7) is 4.58. The van der Waals surface area contributed by atoms with Crippen LogP contribution >= 0.6 is 23.4 Å². The van der Waals surface area contributed by atoms with Gasteiger partial charge in [0.1, 0.15) is 5.60 Å². The van der Waals surface area contributed by atoms with Gasteiger partial charge >= 0.3 is 11.5 Å². The van der Waals surface area contributed by atoms with Crippen molar-refractivity contribution in [1.82, 2.24) is 0 Å². The summed E-state index contributed by atoms with van der Waals surface area (Å²) in [7, 11) is 0. The second kappa shape index (κ2) is 5.70. The third-order valence-corrected chi connectivity index (χ3v) is 4.45. The van der Waals surface area contributed by atoms with E-state index in [1.54, 1.807) is 0 Å². The number of esters is 1. The summed E-state index contributed by atoms with van der Waals surface area (Å²) in [6.07, 6.45) is -0.378. The molecule has 23 heavy (non-hydrogen) atoms. The van der Waals surface area contributed by atoms with E-state index in [1.807, 2.05) is 0 Å². The van der Waals surface area contributed by atoms with Crippen LogP contribution in [0.5, 0.6) is 0 Å². The molecule has 0 spiro atoms. The fourth-order valence-corrected chi connectivity index (χ4v) is 3.45. The van der Waals surface area contributed by atoms with E-state index in [9.17, 15) is 22.8 Å². The molecule has 1 aliphatic carbocycles. The summed E-state index contributed by atoms with van der Waals surface area (Å²) in [5, 5.41) is 0.217. The van der Waals surface area contributed by atoms with E-state index >= 15 is 0 Å². The van der Waals surface area contributed by atoms with Crippen LogP contribution in [0.15, 0.2) is 18.2 Å². The smallest absolute Gasteiger partial charge is 0.443 e. The minimum atomic E-state index is -4.77. The Morgan fingerprint density at radius 1 is 1.30 bits per heavy atom. The number of hydrogen-bond donors (Lipinski definition) is 0. The SMILES string of the molecule is CC(C)(C)OC(=O)C1(SC(F)(F)F)Cc2ccc(Cl)cc2C1=O. The molecule has 1 atom stereocenters. The van der Waals surface area contributed by atoms with E-state index < -0.39 is 39.4 Å². The van der Waals surface area contributed by atoms with Crippen LogP contribution in [0, 0.1) is 0 Å². The zero-order valence-electron chi connectivity index (χ0n) is 12.6. The molecule has 0 aliphatic heterocycles. The molecule has 0 amide bonds. The van der Waals surface area contributed by atoms with Crippen molar-refractivity contribution in [3.8, 4) is 0 Å². The summed E-state index contributed by atoms with van der Waals surface area (Å²) >= 11 is 5.17. The lowest BCUT2D eigenvalue weighted by molar-refractivity contribution is -0.156. The van der Waals surface area contributed by atoms with Crippen molar-refractivity contribution in [2.45, 2.75) is 43.0 Å². The average Bonchev–Trinajstić information content (AvgIpc) is 2.60. The molecule has 1 unspecified atom stereocenters. The number of halogens is 4. The van der Waals surface area contributed by atoms with E-state index in [0.29, 0.717) is 5.56 Å². The number of hydrogen-bond acceptors (Lipinski definition) is 4. The lowest BCUT2D eigenvalue weighted by Gasteiger charge is -2.29. The van der Waals surface area contributed by atoms with Gasteiger partial charge in [-0.25, -0.2) is 0 Å². The molecule has 0 N–H and O–H groups in total. The van der Waals surface area contributed by atoms with Crippen molar-refractivity contribution in [1.29, 1.82) is 0 Å². The Balaban J connectivity index is 2.49. The van der Waals surface area contributed by atoms with Gasteiger partial charge in [0, 0.05) is 17.0 Å². The highest BCUT2D eigenvalue weighted by Crippen LogP contribution is 2.49. The van der Waals surface area contributed by atoms with Crippen molar-refractivity contribution in [2.24, 2.45) is 0 Å². The molecule has 0 bridgehead atoms. The standard InChI is InChI=1S/C15H14ClF3O3S/c1-13(2,3)22-12(21)14(23-15(17,18)19)7-8-4-5-9(16)6-10(8)11(14)20/h4-6H,7H2,1-3H3. The molecule has 0 aromatic heterocycles. The average molecular weight is 367 g/mol. The lowest BCUT2D eigenvalue weighted by atomic mass is 10.0. The van der Waals surface area contributed by atoms with Gasteiger partial charge in [-0.1, -0.05) is 17.7 Å². The van der Waals surface area contributed by atoms with Crippen LogP contribution in [0.1, 0.15) is 36.7 Å². The van der Waals surface area contributed by atoms with Gasteiger partial charge in [-0.15, -0.1) is 0 Å². The number of fused-ring (bicyclic) bond motifs is 1. The monoisotopic (exact) mass is 366 g/mol. The molecule has 1 aromatic carbocycles. The molecule has 126 valence electrons. The summed E-state index contributed by atoms with van der Waals surface area (Å²) in [5.41, 5.74) is -5.40. The third kappa shape index (κ3) is 3.83. The first-order chi connectivity index (χ1) is 10.3. The van der Waals surface area contributed by atoms with Gasteiger partial charge in [-0.05, 0) is 50.2 Å². The van der Waals surface area contributed by atoms with Crippen LogP contribution in [0.2, 0.25) is 5.02 Å². The highest BCUT2D eigenvalue weighted by molar-refractivity contribution is 8.03. The fourth-order valence-electron chi connectivity index (χ4n) is 2.33. The number of carbonyl (C=O) groups excluding carboxylic acids is 2. The van der Waals surface area contributed by atoms with Gasteiger partial charge in [-0.3, -0.25) is 9.59 Å². The normalized spacial score (nSPS) is 21.3. The van der Waals surface area contributed by atoms with Gasteiger partial charge in [0.05, 0.1) is 0 Å². The zero-order valence-corrected chi connectivity index (χ0v) is 14.2. The Morgan fingerprint density at radius 2 is 1.91 bits per heavy atom. The van der Waals surface area contributed by atoms with Crippen LogP contribution in [0.3, 0.4) is 0 Å². The molecule has 1 aromatic rings. The number of rotatable bonds is 2. The second-order valence-electron chi connectivity index (χ2n) is 6.18. The first-order valence-electron chi connectivity index (χ1n) is 6.68. The minimum Gasteiger partial charge on any atom is -0.459 e. The van der Waals surface area contributed by atoms with Crippen LogP contribution in [-0.2, 0) is 16.0 Å². The number of carbonyl (C=O) groups is 2. The van der Waals surface area contributed by atoms with Gasteiger partial charge < -0.3 is 4.74 Å². The molecule has 0 radical (unpaired) electrons. The van der Waals surface area contributed by atoms with Crippen molar-refractivity contribution in [3.05, 3.63) is 34.3 Å². The Bertz CT molecular complexity index is 667. The molecule has 0 fully saturated rings. The van der Waals surface area contributed by atoms with Crippen LogP contribution < -0.4 is 0 Å². The molecule has 0 heterocycles. The van der Waals surface area contributed by atoms with Gasteiger partial charge in [-0.2, -0.15) is 13.2 Å². The number of benzene rings is 1. The van der Waals surface area contributed by atoms with Crippen molar-refractivity contribution < 1.29 is 27.5 Å². The maximum atomic E-state index is 13.0. The Morgan fingerprint density at radius 3 is 2.43 bits per heavy atom. The number of alkyl halides is 3. The number of ether oxygens (including phenoxy) is 1. The number of Topliss-reactive ketones (excluding diaryl/α,β-unsaturated/α-hetero) is 1. The lowest BCUT2D eigenvalue weighted by Crippen LogP contribution is -2.47. The minimum absolute atomic E-state index is 0.0279. The molecule has 0 saturated carbocycles. The Kier molecular flexibility index (Phi) is 4.50. The summed E-state index contributed by atoms with van der Waals surface area (Å²) in [4.78, 5) is 25.0.